The van der Waals surface area contributed by atoms with Gasteiger partial charge in [-0.2, -0.15) is 5.10 Å². The zero-order valence-corrected chi connectivity index (χ0v) is 15.7. The van der Waals surface area contributed by atoms with E-state index in [1.807, 2.05) is 42.5 Å². The van der Waals surface area contributed by atoms with Crippen molar-refractivity contribution in [1.82, 2.24) is 19.3 Å². The van der Waals surface area contributed by atoms with Crippen molar-refractivity contribution < 1.29 is 4.79 Å². The Hall–Kier alpha value is -3.74. The number of nitrogens with zero attached hydrogens (tertiary/aromatic N) is 4. The van der Waals surface area contributed by atoms with Crippen molar-refractivity contribution in [3.8, 4) is 5.69 Å². The average Bonchev–Trinajstić information content (AvgIpc) is 3.52. The number of fused-ring (bicyclic) bond motifs is 1. The van der Waals surface area contributed by atoms with Crippen molar-refractivity contribution in [1.29, 1.82) is 0 Å². The molecule has 0 radical (unpaired) electrons. The van der Waals surface area contributed by atoms with Crippen LogP contribution in [-0.4, -0.2) is 25.2 Å². The molecule has 2 heterocycles. The van der Waals surface area contributed by atoms with E-state index in [4.69, 9.17) is 0 Å². The van der Waals surface area contributed by atoms with E-state index >= 15 is 0 Å². The SMILES string of the molecule is O=C(Cn1cnc2ccccc2c1=O)Nc1cc(C2CC2)nn1-c1ccccc1. The second-order valence-electron chi connectivity index (χ2n) is 7.22. The molecular formula is C22H19N5O2. The lowest BCUT2D eigenvalue weighted by Gasteiger charge is -2.10. The summed E-state index contributed by atoms with van der Waals surface area (Å²) in [5.74, 6) is 0.761. The predicted octanol–water partition coefficient (Wildman–Crippen LogP) is 3.10. The Labute approximate surface area is 166 Å². The summed E-state index contributed by atoms with van der Waals surface area (Å²) in [5.41, 5.74) is 2.24. The van der Waals surface area contributed by atoms with E-state index in [1.165, 1.54) is 10.9 Å². The van der Waals surface area contributed by atoms with Crippen LogP contribution in [0.15, 0.2) is 71.8 Å². The van der Waals surface area contributed by atoms with E-state index in [1.54, 1.807) is 22.9 Å². The van der Waals surface area contributed by atoms with Crippen LogP contribution in [0.5, 0.6) is 0 Å². The van der Waals surface area contributed by atoms with Gasteiger partial charge < -0.3 is 5.32 Å². The second kappa shape index (κ2) is 7.01. The van der Waals surface area contributed by atoms with E-state index in [-0.39, 0.29) is 18.0 Å². The lowest BCUT2D eigenvalue weighted by molar-refractivity contribution is -0.116. The molecule has 0 unspecified atom stereocenters. The zero-order chi connectivity index (χ0) is 19.8. The number of carbonyl (C=O) groups excluding carboxylic acids is 1. The Bertz CT molecular complexity index is 1260. The molecule has 29 heavy (non-hydrogen) atoms. The molecule has 5 rings (SSSR count). The first-order valence-corrected chi connectivity index (χ1v) is 9.58. The van der Waals surface area contributed by atoms with Gasteiger partial charge in [-0.3, -0.25) is 14.2 Å². The molecule has 0 atom stereocenters. The molecule has 0 spiro atoms. The Morgan fingerprint density at radius 1 is 1.07 bits per heavy atom. The first kappa shape index (κ1) is 17.4. The number of carbonyl (C=O) groups is 1. The maximum absolute atomic E-state index is 12.7. The van der Waals surface area contributed by atoms with Crippen LogP contribution >= 0.6 is 0 Å². The van der Waals surface area contributed by atoms with Crippen molar-refractivity contribution in [2.24, 2.45) is 0 Å². The molecule has 7 nitrogen and oxygen atoms in total. The third-order valence-corrected chi connectivity index (χ3v) is 5.04. The molecule has 2 aromatic carbocycles. The van der Waals surface area contributed by atoms with Gasteiger partial charge in [0.15, 0.2) is 0 Å². The quantitative estimate of drug-likeness (QED) is 0.572. The number of rotatable bonds is 5. The fourth-order valence-electron chi connectivity index (χ4n) is 3.39. The fraction of sp³-hybridized carbons (Fsp3) is 0.182. The van der Waals surface area contributed by atoms with E-state index in [0.29, 0.717) is 22.6 Å². The number of nitrogens with one attached hydrogen (secondary N) is 1. The highest BCUT2D eigenvalue weighted by Crippen LogP contribution is 2.40. The summed E-state index contributed by atoms with van der Waals surface area (Å²) in [6.07, 6.45) is 3.66. The second-order valence-corrected chi connectivity index (χ2v) is 7.22. The van der Waals surface area contributed by atoms with Crippen LogP contribution in [0.2, 0.25) is 0 Å². The van der Waals surface area contributed by atoms with Gasteiger partial charge in [-0.15, -0.1) is 0 Å². The molecule has 1 aliphatic carbocycles. The highest BCUT2D eigenvalue weighted by molar-refractivity contribution is 5.90. The minimum atomic E-state index is -0.302. The van der Waals surface area contributed by atoms with E-state index in [9.17, 15) is 9.59 Å². The van der Waals surface area contributed by atoms with Crippen molar-refractivity contribution in [2.45, 2.75) is 25.3 Å². The van der Waals surface area contributed by atoms with Crippen LogP contribution in [0, 0.1) is 0 Å². The summed E-state index contributed by atoms with van der Waals surface area (Å²) in [4.78, 5) is 29.6. The third kappa shape index (κ3) is 3.42. The van der Waals surface area contributed by atoms with Gasteiger partial charge in [-0.05, 0) is 37.1 Å². The summed E-state index contributed by atoms with van der Waals surface area (Å²) in [7, 11) is 0. The highest BCUT2D eigenvalue weighted by Gasteiger charge is 2.28. The highest BCUT2D eigenvalue weighted by atomic mass is 16.2. The van der Waals surface area contributed by atoms with Gasteiger partial charge in [0, 0.05) is 12.0 Å². The van der Waals surface area contributed by atoms with E-state index in [0.717, 1.165) is 24.2 Å². The molecule has 0 aliphatic heterocycles. The maximum Gasteiger partial charge on any atom is 0.261 e. The van der Waals surface area contributed by atoms with Gasteiger partial charge >= 0.3 is 0 Å². The normalized spacial score (nSPS) is 13.5. The summed E-state index contributed by atoms with van der Waals surface area (Å²) in [6.45, 7) is -0.116. The van der Waals surface area contributed by atoms with Crippen LogP contribution in [0.25, 0.3) is 16.6 Å². The van der Waals surface area contributed by atoms with Gasteiger partial charge in [0.1, 0.15) is 12.4 Å². The molecule has 4 aromatic rings. The molecule has 1 saturated carbocycles. The van der Waals surface area contributed by atoms with E-state index < -0.39 is 0 Å². The standard InChI is InChI=1S/C22H19N5O2/c28-21(13-26-14-23-18-9-5-4-8-17(18)22(26)29)24-20-12-19(15-10-11-15)25-27(20)16-6-2-1-3-7-16/h1-9,12,14-15H,10-11,13H2,(H,24,28). The summed E-state index contributed by atoms with van der Waals surface area (Å²) < 4.78 is 3.07. The number of anilines is 1. The molecule has 0 bridgehead atoms. The van der Waals surface area contributed by atoms with Gasteiger partial charge in [-0.25, -0.2) is 9.67 Å². The van der Waals surface area contributed by atoms with Crippen LogP contribution in [0.3, 0.4) is 0 Å². The molecule has 1 fully saturated rings. The molecular weight excluding hydrogens is 366 g/mol. The molecule has 1 amide bonds. The number of hydrogen-bond donors (Lipinski definition) is 1. The Kier molecular flexibility index (Phi) is 4.20. The van der Waals surface area contributed by atoms with E-state index in [2.05, 4.69) is 15.4 Å². The maximum atomic E-state index is 12.7. The smallest absolute Gasteiger partial charge is 0.261 e. The molecule has 0 saturated heterocycles. The summed E-state index contributed by atoms with van der Waals surface area (Å²) in [5, 5.41) is 8.09. The first-order chi connectivity index (χ1) is 14.2. The Morgan fingerprint density at radius 3 is 2.62 bits per heavy atom. The van der Waals surface area contributed by atoms with Crippen molar-refractivity contribution in [3.63, 3.8) is 0 Å². The Balaban J connectivity index is 1.43. The molecule has 2 aromatic heterocycles. The summed E-state index contributed by atoms with van der Waals surface area (Å²) in [6, 6.07) is 18.7. The Morgan fingerprint density at radius 2 is 1.83 bits per heavy atom. The fourth-order valence-corrected chi connectivity index (χ4v) is 3.39. The molecule has 144 valence electrons. The average molecular weight is 385 g/mol. The lowest BCUT2D eigenvalue weighted by Crippen LogP contribution is -2.28. The summed E-state index contributed by atoms with van der Waals surface area (Å²) >= 11 is 0. The minimum Gasteiger partial charge on any atom is -0.309 e. The van der Waals surface area contributed by atoms with Crippen LogP contribution < -0.4 is 10.9 Å². The monoisotopic (exact) mass is 385 g/mol. The van der Waals surface area contributed by atoms with Gasteiger partial charge in [0.2, 0.25) is 5.91 Å². The lowest BCUT2D eigenvalue weighted by atomic mass is 10.2. The van der Waals surface area contributed by atoms with Crippen molar-refractivity contribution >= 4 is 22.6 Å². The number of benzene rings is 2. The first-order valence-electron chi connectivity index (χ1n) is 9.58. The van der Waals surface area contributed by atoms with Gasteiger partial charge in [-0.1, -0.05) is 30.3 Å². The number of amides is 1. The van der Waals surface area contributed by atoms with Crippen molar-refractivity contribution in [3.05, 3.63) is 83.0 Å². The number of aromatic nitrogens is 4. The zero-order valence-electron chi connectivity index (χ0n) is 15.7. The van der Waals surface area contributed by atoms with Gasteiger partial charge in [0.25, 0.3) is 5.56 Å². The van der Waals surface area contributed by atoms with Crippen LogP contribution in [0.1, 0.15) is 24.5 Å². The minimum absolute atomic E-state index is 0.116. The van der Waals surface area contributed by atoms with Crippen molar-refractivity contribution in [2.75, 3.05) is 5.32 Å². The van der Waals surface area contributed by atoms with Gasteiger partial charge in [0.05, 0.1) is 28.6 Å². The molecule has 1 aliphatic rings. The number of para-hydroxylation sites is 2. The predicted molar refractivity (Wildman–Crippen MR) is 110 cm³/mol. The number of hydrogen-bond acceptors (Lipinski definition) is 4. The third-order valence-electron chi connectivity index (χ3n) is 5.04. The molecule has 1 N–H and O–H groups in total. The topological polar surface area (TPSA) is 81.8 Å². The largest absolute Gasteiger partial charge is 0.309 e. The van der Waals surface area contributed by atoms with Crippen LogP contribution in [0.4, 0.5) is 5.82 Å². The van der Waals surface area contributed by atoms with Crippen LogP contribution in [-0.2, 0) is 11.3 Å². The molecule has 7 heteroatoms.